The fraction of sp³-hybridized carbons (Fsp3) is 0.382. The molecule has 2 aromatic heterocycles. The number of imidazole rings is 2. The van der Waals surface area contributed by atoms with Crippen LogP contribution in [0.4, 0.5) is 0 Å². The summed E-state index contributed by atoms with van der Waals surface area (Å²) in [6.45, 7) is 29.0. The number of hydrogen-bond donors (Lipinski definition) is 1. The summed E-state index contributed by atoms with van der Waals surface area (Å²) in [7, 11) is -0.830. The van der Waals surface area contributed by atoms with Gasteiger partial charge in [0.15, 0.2) is 0 Å². The van der Waals surface area contributed by atoms with Crippen molar-refractivity contribution in [2.24, 2.45) is 14.1 Å². The van der Waals surface area contributed by atoms with Crippen LogP contribution in [-0.4, -0.2) is 72.9 Å². The van der Waals surface area contributed by atoms with E-state index in [1.165, 1.54) is 20.7 Å². The molecule has 9 rings (SSSR count). The van der Waals surface area contributed by atoms with E-state index in [-0.39, 0.29) is 20.9 Å². The van der Waals surface area contributed by atoms with Crippen molar-refractivity contribution in [3.63, 3.8) is 0 Å². The highest BCUT2D eigenvalue weighted by molar-refractivity contribution is 9.10. The predicted octanol–water partition coefficient (Wildman–Crippen LogP) is 13.8. The Morgan fingerprint density at radius 2 is 0.873 bits per heavy atom. The molecule has 418 valence electrons. The first-order chi connectivity index (χ1) is 37.3. The summed E-state index contributed by atoms with van der Waals surface area (Å²) in [6, 6.07) is 59.6. The summed E-state index contributed by atoms with van der Waals surface area (Å²) in [5.41, 5.74) is 5.44. The Balaban J connectivity index is 0.000000190. The van der Waals surface area contributed by atoms with Crippen LogP contribution in [0.5, 0.6) is 0 Å². The molecule has 1 aliphatic heterocycles. The Labute approximate surface area is 484 Å². The van der Waals surface area contributed by atoms with Crippen LogP contribution in [0, 0.1) is 0 Å². The van der Waals surface area contributed by atoms with Gasteiger partial charge in [-0.15, -0.1) is 0 Å². The van der Waals surface area contributed by atoms with Crippen molar-refractivity contribution in [2.75, 3.05) is 19.8 Å². The lowest BCUT2D eigenvalue weighted by Crippen LogP contribution is -2.66. The van der Waals surface area contributed by atoms with Gasteiger partial charge in [-0.2, -0.15) is 0 Å². The van der Waals surface area contributed by atoms with Gasteiger partial charge in [-0.3, -0.25) is 0 Å². The third-order valence-corrected chi connectivity index (χ3v) is 25.3. The van der Waals surface area contributed by atoms with E-state index in [4.69, 9.17) is 23.6 Å². The van der Waals surface area contributed by atoms with Crippen LogP contribution in [0.1, 0.15) is 113 Å². The van der Waals surface area contributed by atoms with E-state index in [9.17, 15) is 5.11 Å². The number of hydrogen-bond acceptors (Lipinski definition) is 6. The van der Waals surface area contributed by atoms with E-state index in [0.29, 0.717) is 25.6 Å². The number of nitrogens with zero attached hydrogens (tertiary/aromatic N) is 4. The molecular formula is C68H87BrN4O4Si2. The maximum atomic E-state index is 11.0. The molecule has 1 saturated heterocycles. The van der Waals surface area contributed by atoms with E-state index in [1.807, 2.05) is 12.1 Å². The fourth-order valence-electron chi connectivity index (χ4n) is 10.9. The largest absolute Gasteiger partial charge is 0.407 e. The second-order valence-corrected chi connectivity index (χ2v) is 34.8. The molecule has 3 heterocycles. The summed E-state index contributed by atoms with van der Waals surface area (Å²) in [4.78, 5) is 9.60. The summed E-state index contributed by atoms with van der Waals surface area (Å²) in [5.74, 6) is 2.17. The molecule has 8 nitrogen and oxygen atoms in total. The van der Waals surface area contributed by atoms with Crippen molar-refractivity contribution < 1.29 is 18.7 Å². The lowest BCUT2D eigenvalue weighted by atomic mass is 9.96. The highest BCUT2D eigenvalue weighted by atomic mass is 79.9. The van der Waals surface area contributed by atoms with E-state index in [1.54, 1.807) is 0 Å². The second-order valence-electron chi connectivity index (χ2n) is 25.2. The highest BCUT2D eigenvalue weighted by Gasteiger charge is 2.51. The summed E-state index contributed by atoms with van der Waals surface area (Å²) in [5, 5.41) is 16.2. The number of aliphatic hydroxyl groups excluding tert-OH is 1. The predicted molar refractivity (Wildman–Crippen MR) is 338 cm³/mol. The Morgan fingerprint density at radius 3 is 1.19 bits per heavy atom. The van der Waals surface area contributed by atoms with Gasteiger partial charge in [0.1, 0.15) is 11.6 Å². The van der Waals surface area contributed by atoms with E-state index in [0.717, 1.165) is 63.8 Å². The molecular weight excluding hydrogens is 1070 g/mol. The number of benzene rings is 6. The van der Waals surface area contributed by atoms with Gasteiger partial charge >= 0.3 is 0 Å². The zero-order valence-corrected chi connectivity index (χ0v) is 53.1. The monoisotopic (exact) mass is 1160 g/mol. The minimum Gasteiger partial charge on any atom is -0.407 e. The molecule has 0 saturated carbocycles. The standard InChI is InChI=1S/C34H44N2O2Si.C20H26O2Si.C14H17BrN2/c1-33(2,3)32-35-31(25-36(32)7)27-20-18-26(19-21-27)24-28(37)22-23-38-39(34(4,5)6,29-14-10-8-11-15-29)30-16-12-9-13-17-30;1-20(2,3)23(18-10-6-4-7-11-18,19-12-8-5-9-13-19)22-15-14-17-16-21-17;1-14(2,3)13-16-12(9-17(13)4)10-5-7-11(15)8-6-10/h8-21,25,28,37H,22-24H2,1-7H3;4-13,17H,14-16H2,1-3H3;5-9H,1-4H3/t28-;17-;/m11./s1. The molecule has 1 aliphatic rings. The van der Waals surface area contributed by atoms with Crippen molar-refractivity contribution in [1.29, 1.82) is 0 Å². The van der Waals surface area contributed by atoms with Crippen LogP contribution in [0.2, 0.25) is 10.1 Å². The Hall–Kier alpha value is -5.51. The molecule has 8 aromatic rings. The fourth-order valence-corrected chi connectivity index (χ4v) is 20.3. The Bertz CT molecular complexity index is 3040. The van der Waals surface area contributed by atoms with Gasteiger partial charge in [-0.05, 0) is 67.8 Å². The normalized spacial score (nSPS) is 14.4. The topological polar surface area (TPSA) is 86.9 Å². The molecule has 79 heavy (non-hydrogen) atoms. The lowest BCUT2D eigenvalue weighted by molar-refractivity contribution is 0.136. The van der Waals surface area contributed by atoms with Gasteiger partial charge in [0.2, 0.25) is 0 Å². The third-order valence-electron chi connectivity index (χ3n) is 14.7. The van der Waals surface area contributed by atoms with Crippen molar-refractivity contribution in [3.8, 4) is 22.5 Å². The summed E-state index contributed by atoms with van der Waals surface area (Å²) in [6.07, 6.45) is 6.28. The summed E-state index contributed by atoms with van der Waals surface area (Å²) < 4.78 is 24.4. The maximum Gasteiger partial charge on any atom is 0.261 e. The van der Waals surface area contributed by atoms with Gasteiger partial charge in [-0.25, -0.2) is 9.97 Å². The second kappa shape index (κ2) is 26.0. The maximum absolute atomic E-state index is 11.0. The van der Waals surface area contributed by atoms with Crippen molar-refractivity contribution >= 4 is 53.3 Å². The van der Waals surface area contributed by atoms with Crippen LogP contribution in [0.15, 0.2) is 187 Å². The molecule has 1 N–H and O–H groups in total. The number of aliphatic hydroxyl groups is 1. The molecule has 0 amide bonds. The van der Waals surface area contributed by atoms with Gasteiger partial charge in [0.05, 0.1) is 30.2 Å². The van der Waals surface area contributed by atoms with E-state index in [2.05, 4.69) is 292 Å². The number of ether oxygens (including phenoxy) is 1. The van der Waals surface area contributed by atoms with Crippen LogP contribution in [0.3, 0.4) is 0 Å². The van der Waals surface area contributed by atoms with Crippen LogP contribution in [-0.2, 0) is 44.9 Å². The first-order valence-electron chi connectivity index (χ1n) is 28.1. The molecule has 11 heteroatoms. The zero-order valence-electron chi connectivity index (χ0n) is 49.6. The first-order valence-corrected chi connectivity index (χ1v) is 32.7. The van der Waals surface area contributed by atoms with E-state index >= 15 is 0 Å². The molecule has 0 bridgehead atoms. The van der Waals surface area contributed by atoms with Gasteiger partial charge in [-0.1, -0.05) is 257 Å². The molecule has 0 aliphatic carbocycles. The molecule has 1 fully saturated rings. The average Bonchev–Trinajstić information content (AvgIpc) is 4.24. The minimum absolute atomic E-state index is 0.00637. The van der Waals surface area contributed by atoms with Crippen LogP contribution < -0.4 is 20.7 Å². The lowest BCUT2D eigenvalue weighted by Gasteiger charge is -2.43. The molecule has 0 radical (unpaired) electrons. The van der Waals surface area contributed by atoms with Crippen molar-refractivity contribution in [1.82, 2.24) is 19.1 Å². The van der Waals surface area contributed by atoms with Crippen molar-refractivity contribution in [3.05, 3.63) is 204 Å². The SMILES string of the molecule is CC(C)(C)[Si](OCC[C@@H]1CO1)(c1ccccc1)c1ccccc1.Cn1cc(-c2ccc(Br)cc2)nc1C(C)(C)C.Cn1cc(-c2ccc(C[C@H](O)CCO[Si](c3ccccc3)(c3ccccc3)C(C)(C)C)cc2)nc1C(C)(C)C. The number of epoxide rings is 1. The molecule has 0 unspecified atom stereocenters. The summed E-state index contributed by atoms with van der Waals surface area (Å²) >= 11 is 3.44. The van der Waals surface area contributed by atoms with Gasteiger partial charge in [0.25, 0.3) is 16.6 Å². The zero-order chi connectivity index (χ0) is 57.2. The van der Waals surface area contributed by atoms with Crippen molar-refractivity contribution in [2.45, 2.75) is 135 Å². The number of halogens is 1. The third kappa shape index (κ3) is 15.3. The number of aryl methyl sites for hydroxylation is 2. The minimum atomic E-state index is -2.59. The smallest absolute Gasteiger partial charge is 0.261 e. The average molecular weight is 1160 g/mol. The molecule has 2 atom stereocenters. The highest BCUT2D eigenvalue weighted by Crippen LogP contribution is 2.39. The van der Waals surface area contributed by atoms with Gasteiger partial charge in [0, 0.05) is 66.1 Å². The molecule has 6 aromatic carbocycles. The number of aromatic nitrogens is 4. The first kappa shape index (κ1) is 61.1. The van der Waals surface area contributed by atoms with Gasteiger partial charge < -0.3 is 27.8 Å². The van der Waals surface area contributed by atoms with Crippen LogP contribution >= 0.6 is 15.9 Å². The molecule has 0 spiro atoms. The van der Waals surface area contributed by atoms with E-state index < -0.39 is 22.7 Å². The quantitative estimate of drug-likeness (QED) is 0.0766. The Kier molecular flexibility index (Phi) is 20.1. The van der Waals surface area contributed by atoms with Crippen LogP contribution in [0.25, 0.3) is 22.5 Å². The number of rotatable bonds is 16. The Morgan fingerprint density at radius 1 is 0.532 bits per heavy atom.